The lowest BCUT2D eigenvalue weighted by Crippen LogP contribution is -2.51. The summed E-state index contributed by atoms with van der Waals surface area (Å²) in [5.41, 5.74) is 0.233. The summed E-state index contributed by atoms with van der Waals surface area (Å²) in [6.45, 7) is 2.70. The van der Waals surface area contributed by atoms with Gasteiger partial charge < -0.3 is 19.7 Å². The number of amides is 2. The van der Waals surface area contributed by atoms with Crippen molar-refractivity contribution in [3.05, 3.63) is 0 Å². The molecule has 6 aliphatic rings. The molecule has 6 nitrogen and oxygen atoms in total. The van der Waals surface area contributed by atoms with Crippen molar-refractivity contribution < 1.29 is 19.1 Å². The van der Waals surface area contributed by atoms with E-state index in [1.807, 2.05) is 4.90 Å². The molecule has 4 bridgehead atoms. The van der Waals surface area contributed by atoms with Gasteiger partial charge in [0.15, 0.2) is 5.79 Å². The SMILES string of the molecule is O=C(CC12CC3CC(CC(C3)C1)C2)NCC(=O)N1CCC2(CC1)OCCO2. The molecule has 1 N–H and O–H groups in total. The fourth-order valence-electron chi connectivity index (χ4n) is 7.08. The molecule has 4 saturated carbocycles. The quantitative estimate of drug-likeness (QED) is 0.816. The van der Waals surface area contributed by atoms with E-state index in [4.69, 9.17) is 9.47 Å². The van der Waals surface area contributed by atoms with E-state index in [9.17, 15) is 9.59 Å². The molecule has 6 heteroatoms. The third-order valence-corrected chi connectivity index (χ3v) is 7.83. The number of carbonyl (C=O) groups is 2. The van der Waals surface area contributed by atoms with Crippen molar-refractivity contribution in [2.75, 3.05) is 32.8 Å². The third kappa shape index (κ3) is 3.51. The van der Waals surface area contributed by atoms with Crippen LogP contribution in [0, 0.1) is 23.2 Å². The lowest BCUT2D eigenvalue weighted by atomic mass is 9.49. The van der Waals surface area contributed by atoms with E-state index in [1.54, 1.807) is 0 Å². The summed E-state index contributed by atoms with van der Waals surface area (Å²) in [6.07, 6.45) is 9.93. The number of nitrogens with zero attached hydrogens (tertiary/aromatic N) is 1. The van der Waals surface area contributed by atoms with Gasteiger partial charge in [0, 0.05) is 32.4 Å². The third-order valence-electron chi connectivity index (χ3n) is 7.83. The van der Waals surface area contributed by atoms with Gasteiger partial charge in [-0.15, -0.1) is 0 Å². The molecule has 0 radical (unpaired) electrons. The van der Waals surface area contributed by atoms with Crippen LogP contribution in [0.15, 0.2) is 0 Å². The van der Waals surface area contributed by atoms with Crippen molar-refractivity contribution in [3.63, 3.8) is 0 Å². The highest BCUT2D eigenvalue weighted by Gasteiger charge is 2.51. The fraction of sp³-hybridized carbons (Fsp3) is 0.905. The number of likely N-dealkylation sites (tertiary alicyclic amines) is 1. The molecule has 2 amide bonds. The molecule has 0 aromatic carbocycles. The molecule has 0 atom stereocenters. The van der Waals surface area contributed by atoms with Gasteiger partial charge in [-0.1, -0.05) is 0 Å². The first-order chi connectivity index (χ1) is 13.0. The molecule has 2 heterocycles. The first-order valence-corrected chi connectivity index (χ1v) is 10.9. The van der Waals surface area contributed by atoms with Crippen LogP contribution < -0.4 is 5.32 Å². The maximum Gasteiger partial charge on any atom is 0.241 e. The zero-order valence-corrected chi connectivity index (χ0v) is 16.2. The maximum atomic E-state index is 12.6. The molecule has 6 rings (SSSR count). The van der Waals surface area contributed by atoms with Crippen LogP contribution in [0.5, 0.6) is 0 Å². The molecular formula is C21H32N2O4. The van der Waals surface area contributed by atoms with Crippen LogP contribution in [0.1, 0.15) is 57.8 Å². The number of carbonyl (C=O) groups excluding carboxylic acids is 2. The Morgan fingerprint density at radius 1 is 0.926 bits per heavy atom. The largest absolute Gasteiger partial charge is 0.347 e. The highest BCUT2D eigenvalue weighted by atomic mass is 16.7. The molecule has 4 aliphatic carbocycles. The minimum atomic E-state index is -0.460. The number of rotatable bonds is 4. The van der Waals surface area contributed by atoms with E-state index in [0.29, 0.717) is 32.7 Å². The zero-order chi connectivity index (χ0) is 18.5. The highest BCUT2D eigenvalue weighted by molar-refractivity contribution is 5.85. The predicted molar refractivity (Wildman–Crippen MR) is 98.7 cm³/mol. The lowest BCUT2D eigenvalue weighted by molar-refractivity contribution is -0.187. The van der Waals surface area contributed by atoms with Crippen LogP contribution >= 0.6 is 0 Å². The smallest absolute Gasteiger partial charge is 0.241 e. The van der Waals surface area contributed by atoms with E-state index in [0.717, 1.165) is 30.6 Å². The van der Waals surface area contributed by atoms with Gasteiger partial charge in [-0.25, -0.2) is 0 Å². The monoisotopic (exact) mass is 376 g/mol. The average Bonchev–Trinajstić information content (AvgIpc) is 3.07. The first kappa shape index (κ1) is 17.9. The number of nitrogens with one attached hydrogen (secondary N) is 1. The number of hydrogen-bond donors (Lipinski definition) is 1. The van der Waals surface area contributed by atoms with E-state index < -0.39 is 5.79 Å². The molecule has 150 valence electrons. The molecule has 0 aromatic heterocycles. The Bertz CT molecular complexity index is 568. The normalized spacial score (nSPS) is 39.1. The van der Waals surface area contributed by atoms with Crippen molar-refractivity contribution in [2.24, 2.45) is 23.2 Å². The molecule has 6 fully saturated rings. The van der Waals surface area contributed by atoms with Gasteiger partial charge in [0.1, 0.15) is 0 Å². The molecule has 2 aliphatic heterocycles. The van der Waals surface area contributed by atoms with Crippen molar-refractivity contribution in [3.8, 4) is 0 Å². The second kappa shape index (κ2) is 6.73. The maximum absolute atomic E-state index is 12.6. The minimum absolute atomic E-state index is 0.0155. The van der Waals surface area contributed by atoms with Crippen molar-refractivity contribution in [1.82, 2.24) is 10.2 Å². The first-order valence-electron chi connectivity index (χ1n) is 10.9. The van der Waals surface area contributed by atoms with Gasteiger partial charge in [-0.3, -0.25) is 9.59 Å². The number of ether oxygens (including phenoxy) is 2. The zero-order valence-electron chi connectivity index (χ0n) is 16.2. The standard InChI is InChI=1S/C21H32N2O4/c24-18(13-20-10-15-7-16(11-20)9-17(8-15)12-20)22-14-19(25)23-3-1-21(2-4-23)26-5-6-27-21/h15-17H,1-14H2,(H,22,24). The average molecular weight is 376 g/mol. The molecule has 27 heavy (non-hydrogen) atoms. The van der Waals surface area contributed by atoms with Crippen molar-refractivity contribution in [2.45, 2.75) is 63.6 Å². The lowest BCUT2D eigenvalue weighted by Gasteiger charge is -2.56. The summed E-state index contributed by atoms with van der Waals surface area (Å²) < 4.78 is 11.4. The van der Waals surface area contributed by atoms with Crippen LogP contribution in [-0.2, 0) is 19.1 Å². The van der Waals surface area contributed by atoms with Crippen molar-refractivity contribution >= 4 is 11.8 Å². The van der Waals surface area contributed by atoms with Crippen LogP contribution in [0.3, 0.4) is 0 Å². The summed E-state index contributed by atoms with van der Waals surface area (Å²) in [6, 6.07) is 0. The number of hydrogen-bond acceptors (Lipinski definition) is 4. The van der Waals surface area contributed by atoms with Crippen LogP contribution in [0.25, 0.3) is 0 Å². The van der Waals surface area contributed by atoms with Gasteiger partial charge in [0.2, 0.25) is 11.8 Å². The Labute approximate surface area is 161 Å². The van der Waals surface area contributed by atoms with Crippen LogP contribution in [0.2, 0.25) is 0 Å². The molecular weight excluding hydrogens is 344 g/mol. The Balaban J connectivity index is 1.09. The molecule has 2 saturated heterocycles. The fourth-order valence-corrected chi connectivity index (χ4v) is 7.08. The van der Waals surface area contributed by atoms with Crippen LogP contribution in [0.4, 0.5) is 0 Å². The van der Waals surface area contributed by atoms with Crippen molar-refractivity contribution in [1.29, 1.82) is 0 Å². The second-order valence-corrected chi connectivity index (χ2v) is 9.86. The van der Waals surface area contributed by atoms with E-state index in [2.05, 4.69) is 5.32 Å². The Kier molecular flexibility index (Phi) is 4.47. The van der Waals surface area contributed by atoms with Gasteiger partial charge in [0.25, 0.3) is 0 Å². The summed E-state index contributed by atoms with van der Waals surface area (Å²) in [5.74, 6) is 2.19. The summed E-state index contributed by atoms with van der Waals surface area (Å²) in [4.78, 5) is 26.9. The Morgan fingerprint density at radius 2 is 1.48 bits per heavy atom. The predicted octanol–water partition coefficient (Wildman–Crippen LogP) is 2.07. The summed E-state index contributed by atoms with van der Waals surface area (Å²) in [7, 11) is 0. The summed E-state index contributed by atoms with van der Waals surface area (Å²) >= 11 is 0. The summed E-state index contributed by atoms with van der Waals surface area (Å²) in [5, 5.41) is 2.92. The van der Waals surface area contributed by atoms with Gasteiger partial charge >= 0.3 is 0 Å². The minimum Gasteiger partial charge on any atom is -0.347 e. The van der Waals surface area contributed by atoms with Gasteiger partial charge in [-0.05, 0) is 61.7 Å². The second-order valence-electron chi connectivity index (χ2n) is 9.86. The molecule has 1 spiro atoms. The van der Waals surface area contributed by atoms with Gasteiger partial charge in [-0.2, -0.15) is 0 Å². The Hall–Kier alpha value is -1.14. The van der Waals surface area contributed by atoms with E-state index >= 15 is 0 Å². The number of piperidine rings is 1. The molecule has 0 unspecified atom stereocenters. The van der Waals surface area contributed by atoms with Crippen LogP contribution in [-0.4, -0.2) is 55.3 Å². The van der Waals surface area contributed by atoms with Gasteiger partial charge in [0.05, 0.1) is 19.8 Å². The van der Waals surface area contributed by atoms with E-state index in [1.165, 1.54) is 38.5 Å². The van der Waals surface area contributed by atoms with E-state index in [-0.39, 0.29) is 23.8 Å². The topological polar surface area (TPSA) is 67.9 Å². The highest BCUT2D eigenvalue weighted by Crippen LogP contribution is 2.61. The molecule has 0 aromatic rings. The Morgan fingerprint density at radius 3 is 2.04 bits per heavy atom.